The van der Waals surface area contributed by atoms with Gasteiger partial charge in [0.25, 0.3) is 0 Å². The first-order chi connectivity index (χ1) is 25.6. The molecule has 0 rings (SSSR count). The number of aliphatic hydroxyl groups excluding tert-OH is 1. The number of hydrogen-bond acceptors (Lipinski definition) is 8. The highest BCUT2D eigenvalue weighted by molar-refractivity contribution is 7.47. The molecule has 0 aromatic carbocycles. The van der Waals surface area contributed by atoms with Crippen molar-refractivity contribution in [3.05, 3.63) is 12.2 Å². The van der Waals surface area contributed by atoms with Gasteiger partial charge in [-0.15, -0.1) is 0 Å². The van der Waals surface area contributed by atoms with Crippen molar-refractivity contribution >= 4 is 25.7 Å². The summed E-state index contributed by atoms with van der Waals surface area (Å²) in [5, 5.41) is 21.8. The van der Waals surface area contributed by atoms with Gasteiger partial charge in [0.1, 0.15) is 12.7 Å². The number of unbranched alkanes of at least 4 members (excludes halogenated alkanes) is 24. The first-order valence-corrected chi connectivity index (χ1v) is 22.7. The summed E-state index contributed by atoms with van der Waals surface area (Å²) in [7, 11) is -4.75. The summed E-state index contributed by atoms with van der Waals surface area (Å²) in [6.07, 6.45) is 35.3. The fourth-order valence-electron chi connectivity index (χ4n) is 5.96. The summed E-state index contributed by atoms with van der Waals surface area (Å²) in [4.78, 5) is 45.8. The molecule has 0 aliphatic heterocycles. The molecule has 0 aliphatic rings. The SMILES string of the molecule is CCCCCCCC/C=C/CCCCCCCCCCCC(=O)NC(COP(=O)(O)OCC(O)COC(=O)CCCCCCCCCCCC)C(=O)O. The largest absolute Gasteiger partial charge is 0.480 e. The Labute approximate surface area is 322 Å². The quantitative estimate of drug-likeness (QED) is 0.0203. The predicted molar refractivity (Wildman–Crippen MR) is 213 cm³/mol. The molecule has 0 aromatic rings. The van der Waals surface area contributed by atoms with E-state index >= 15 is 0 Å². The van der Waals surface area contributed by atoms with Gasteiger partial charge in [-0.2, -0.15) is 0 Å². The van der Waals surface area contributed by atoms with Gasteiger partial charge < -0.3 is 25.2 Å². The lowest BCUT2D eigenvalue weighted by atomic mass is 10.1. The van der Waals surface area contributed by atoms with Gasteiger partial charge in [-0.05, 0) is 38.5 Å². The fraction of sp³-hybridized carbons (Fsp3) is 0.878. The molecule has 312 valence electrons. The van der Waals surface area contributed by atoms with Crippen LogP contribution < -0.4 is 5.32 Å². The molecular weight excluding hydrogens is 697 g/mol. The summed E-state index contributed by atoms with van der Waals surface area (Å²) in [5.41, 5.74) is 0. The van der Waals surface area contributed by atoms with Crippen LogP contribution in [0.25, 0.3) is 0 Å². The van der Waals surface area contributed by atoms with Crippen LogP contribution in [0, 0.1) is 0 Å². The van der Waals surface area contributed by atoms with Crippen molar-refractivity contribution in [2.75, 3.05) is 19.8 Å². The summed E-state index contributed by atoms with van der Waals surface area (Å²) in [5.74, 6) is -2.37. The van der Waals surface area contributed by atoms with Crippen LogP contribution in [0.2, 0.25) is 0 Å². The Morgan fingerprint density at radius 2 is 0.981 bits per heavy atom. The number of ether oxygens (including phenoxy) is 1. The molecule has 0 fully saturated rings. The Balaban J connectivity index is 3.89. The zero-order valence-electron chi connectivity index (χ0n) is 33.6. The number of hydrogen-bond donors (Lipinski definition) is 4. The summed E-state index contributed by atoms with van der Waals surface area (Å²) >= 11 is 0. The fourth-order valence-corrected chi connectivity index (χ4v) is 6.73. The summed E-state index contributed by atoms with van der Waals surface area (Å²) in [6, 6.07) is -1.54. The third-order valence-electron chi connectivity index (χ3n) is 9.30. The van der Waals surface area contributed by atoms with Crippen molar-refractivity contribution in [1.29, 1.82) is 0 Å². The molecule has 11 nitrogen and oxygen atoms in total. The van der Waals surface area contributed by atoms with Crippen molar-refractivity contribution in [1.82, 2.24) is 5.32 Å². The van der Waals surface area contributed by atoms with Crippen molar-refractivity contribution in [2.24, 2.45) is 0 Å². The van der Waals surface area contributed by atoms with Gasteiger partial charge in [0, 0.05) is 12.8 Å². The number of rotatable bonds is 40. The van der Waals surface area contributed by atoms with Crippen LogP contribution in [0.5, 0.6) is 0 Å². The third-order valence-corrected chi connectivity index (χ3v) is 10.3. The average molecular weight is 776 g/mol. The number of carbonyl (C=O) groups excluding carboxylic acids is 2. The van der Waals surface area contributed by atoms with Crippen LogP contribution in [0.3, 0.4) is 0 Å². The summed E-state index contributed by atoms with van der Waals surface area (Å²) in [6.45, 7) is 2.58. The molecule has 12 heteroatoms. The van der Waals surface area contributed by atoms with E-state index in [0.29, 0.717) is 12.8 Å². The molecule has 0 bridgehead atoms. The first-order valence-electron chi connectivity index (χ1n) is 21.2. The highest BCUT2D eigenvalue weighted by Gasteiger charge is 2.28. The Morgan fingerprint density at radius 3 is 1.43 bits per heavy atom. The van der Waals surface area contributed by atoms with E-state index in [1.165, 1.54) is 122 Å². The molecule has 0 radical (unpaired) electrons. The zero-order chi connectivity index (χ0) is 39.3. The van der Waals surface area contributed by atoms with E-state index in [4.69, 9.17) is 13.8 Å². The molecule has 4 N–H and O–H groups in total. The van der Waals surface area contributed by atoms with Gasteiger partial charge in [-0.25, -0.2) is 9.36 Å². The number of esters is 1. The minimum Gasteiger partial charge on any atom is -0.480 e. The average Bonchev–Trinajstić information content (AvgIpc) is 3.13. The van der Waals surface area contributed by atoms with Gasteiger partial charge >= 0.3 is 19.8 Å². The number of phosphoric acid groups is 1. The second kappa shape index (κ2) is 37.2. The number of nitrogens with one attached hydrogen (secondary N) is 1. The van der Waals surface area contributed by atoms with E-state index in [0.717, 1.165) is 38.5 Å². The molecule has 0 spiro atoms. The van der Waals surface area contributed by atoms with Crippen LogP contribution >= 0.6 is 7.82 Å². The second-order valence-corrected chi connectivity index (χ2v) is 16.0. The Morgan fingerprint density at radius 1 is 0.585 bits per heavy atom. The minimum absolute atomic E-state index is 0.146. The van der Waals surface area contributed by atoms with Gasteiger partial charge in [0.15, 0.2) is 6.04 Å². The smallest absolute Gasteiger partial charge is 0.472 e. The molecule has 3 atom stereocenters. The Kier molecular flexibility index (Phi) is 35.9. The normalized spacial score (nSPS) is 13.9. The highest BCUT2D eigenvalue weighted by atomic mass is 31.2. The number of carboxylic acids is 1. The van der Waals surface area contributed by atoms with Gasteiger partial charge in [-0.1, -0.05) is 161 Å². The monoisotopic (exact) mass is 776 g/mol. The Hall–Kier alpha value is -1.78. The van der Waals surface area contributed by atoms with Crippen molar-refractivity contribution in [3.63, 3.8) is 0 Å². The number of carbonyl (C=O) groups is 3. The number of aliphatic hydroxyl groups is 1. The van der Waals surface area contributed by atoms with Crippen molar-refractivity contribution in [2.45, 2.75) is 212 Å². The first kappa shape index (κ1) is 51.2. The van der Waals surface area contributed by atoms with Crippen LogP contribution in [0.4, 0.5) is 0 Å². The number of amides is 1. The minimum atomic E-state index is -4.75. The number of phosphoric ester groups is 1. The maximum absolute atomic E-state index is 12.3. The lowest BCUT2D eigenvalue weighted by Crippen LogP contribution is -2.43. The molecule has 0 heterocycles. The number of allylic oxidation sites excluding steroid dienone is 2. The molecule has 0 saturated carbocycles. The van der Waals surface area contributed by atoms with E-state index in [2.05, 4.69) is 31.3 Å². The second-order valence-electron chi connectivity index (χ2n) is 14.5. The zero-order valence-corrected chi connectivity index (χ0v) is 34.5. The van der Waals surface area contributed by atoms with E-state index in [-0.39, 0.29) is 12.8 Å². The topological polar surface area (TPSA) is 169 Å². The lowest BCUT2D eigenvalue weighted by molar-refractivity contribution is -0.147. The molecule has 3 unspecified atom stereocenters. The highest BCUT2D eigenvalue weighted by Crippen LogP contribution is 2.43. The molecule has 53 heavy (non-hydrogen) atoms. The van der Waals surface area contributed by atoms with Crippen LogP contribution in [-0.4, -0.2) is 64.9 Å². The van der Waals surface area contributed by atoms with E-state index in [1.54, 1.807) is 0 Å². The van der Waals surface area contributed by atoms with Crippen molar-refractivity contribution < 1.29 is 47.8 Å². The maximum atomic E-state index is 12.3. The van der Waals surface area contributed by atoms with Gasteiger partial charge in [0.2, 0.25) is 5.91 Å². The van der Waals surface area contributed by atoms with Crippen molar-refractivity contribution in [3.8, 4) is 0 Å². The molecule has 1 amide bonds. The van der Waals surface area contributed by atoms with Crippen LogP contribution in [0.15, 0.2) is 12.2 Å². The molecule has 0 saturated heterocycles. The van der Waals surface area contributed by atoms with Gasteiger partial charge in [0.05, 0.1) is 13.2 Å². The molecular formula is C41H78NO10P. The molecule has 0 aliphatic carbocycles. The van der Waals surface area contributed by atoms with Crippen LogP contribution in [0.1, 0.15) is 200 Å². The maximum Gasteiger partial charge on any atom is 0.472 e. The van der Waals surface area contributed by atoms with E-state index in [1.807, 2.05) is 0 Å². The van der Waals surface area contributed by atoms with Crippen LogP contribution in [-0.2, 0) is 32.7 Å². The third kappa shape index (κ3) is 36.9. The lowest BCUT2D eigenvalue weighted by Gasteiger charge is -2.18. The van der Waals surface area contributed by atoms with E-state index < -0.39 is 57.6 Å². The Bertz CT molecular complexity index is 963. The predicted octanol–water partition coefficient (Wildman–Crippen LogP) is 10.5. The number of carboxylic acid groups (broad SMARTS) is 1. The van der Waals surface area contributed by atoms with E-state index in [9.17, 15) is 34.1 Å². The van der Waals surface area contributed by atoms with Gasteiger partial charge in [-0.3, -0.25) is 18.6 Å². The number of aliphatic carboxylic acids is 1. The standard InChI is InChI=1S/C41H78NO10P/c1-3-5-7-9-11-13-15-16-17-18-19-20-21-22-23-24-26-28-30-32-39(44)42-38(41(46)47)36-52-53(48,49)51-35-37(43)34-50-40(45)33-31-29-27-25-14-12-10-8-6-4-2/h16-17,37-38,43H,3-15,18-36H2,1-2H3,(H,42,44)(H,46,47)(H,48,49)/b17-16+. The summed E-state index contributed by atoms with van der Waals surface area (Å²) < 4.78 is 26.7. The molecule has 0 aromatic heterocycles.